The molecule has 0 aliphatic carbocycles. The molecule has 0 radical (unpaired) electrons. The molecule has 0 aromatic rings. The van der Waals surface area contributed by atoms with Crippen molar-refractivity contribution in [3.63, 3.8) is 0 Å². The van der Waals surface area contributed by atoms with Gasteiger partial charge in [0.1, 0.15) is 0 Å². The molecule has 1 aliphatic rings. The van der Waals surface area contributed by atoms with Gasteiger partial charge in [0.05, 0.1) is 6.10 Å². The van der Waals surface area contributed by atoms with Crippen LogP contribution in [0.2, 0.25) is 0 Å². The summed E-state index contributed by atoms with van der Waals surface area (Å²) in [4.78, 5) is 0. The SMILES string of the molecule is CCNC(C1CCOC1CC)C(C)(C)C. The normalized spacial score (nSPS) is 29.4. The van der Waals surface area contributed by atoms with Crippen LogP contribution in [0.5, 0.6) is 0 Å². The molecule has 0 spiro atoms. The largest absolute Gasteiger partial charge is 0.378 e. The third-order valence-electron chi connectivity index (χ3n) is 3.45. The zero-order chi connectivity index (χ0) is 11.5. The van der Waals surface area contributed by atoms with Crippen molar-refractivity contribution >= 4 is 0 Å². The molecule has 15 heavy (non-hydrogen) atoms. The Morgan fingerprint density at radius 1 is 1.33 bits per heavy atom. The van der Waals surface area contributed by atoms with E-state index >= 15 is 0 Å². The fraction of sp³-hybridized carbons (Fsp3) is 1.00. The minimum absolute atomic E-state index is 0.321. The van der Waals surface area contributed by atoms with Gasteiger partial charge in [0.2, 0.25) is 0 Å². The van der Waals surface area contributed by atoms with Crippen LogP contribution >= 0.6 is 0 Å². The fourth-order valence-corrected chi connectivity index (χ4v) is 2.79. The zero-order valence-electron chi connectivity index (χ0n) is 11.0. The molecule has 1 N–H and O–H groups in total. The number of nitrogens with one attached hydrogen (secondary N) is 1. The van der Waals surface area contributed by atoms with Crippen molar-refractivity contribution in [1.82, 2.24) is 5.32 Å². The van der Waals surface area contributed by atoms with Crippen LogP contribution in [0, 0.1) is 11.3 Å². The van der Waals surface area contributed by atoms with E-state index < -0.39 is 0 Å². The monoisotopic (exact) mass is 213 g/mol. The summed E-state index contributed by atoms with van der Waals surface area (Å²) in [6, 6.07) is 0.579. The second kappa shape index (κ2) is 5.31. The van der Waals surface area contributed by atoms with Gasteiger partial charge < -0.3 is 10.1 Å². The van der Waals surface area contributed by atoms with Crippen molar-refractivity contribution in [2.45, 2.75) is 59.6 Å². The summed E-state index contributed by atoms with van der Waals surface area (Å²) in [5, 5.41) is 3.65. The Bertz CT molecular complexity index is 185. The van der Waals surface area contributed by atoms with Gasteiger partial charge in [-0.1, -0.05) is 34.6 Å². The summed E-state index contributed by atoms with van der Waals surface area (Å²) < 4.78 is 5.80. The van der Waals surface area contributed by atoms with Gasteiger partial charge in [-0.05, 0) is 24.8 Å². The van der Waals surface area contributed by atoms with Crippen LogP contribution < -0.4 is 5.32 Å². The first-order valence-electron chi connectivity index (χ1n) is 6.35. The number of ether oxygens (including phenoxy) is 1. The van der Waals surface area contributed by atoms with E-state index in [0.29, 0.717) is 23.5 Å². The Kier molecular flexibility index (Phi) is 4.60. The summed E-state index contributed by atoms with van der Waals surface area (Å²) in [5.74, 6) is 0.690. The van der Waals surface area contributed by atoms with Gasteiger partial charge >= 0.3 is 0 Å². The second-order valence-corrected chi connectivity index (χ2v) is 5.67. The Balaban J connectivity index is 2.70. The van der Waals surface area contributed by atoms with Gasteiger partial charge in [0.25, 0.3) is 0 Å². The van der Waals surface area contributed by atoms with Gasteiger partial charge in [-0.2, -0.15) is 0 Å². The minimum atomic E-state index is 0.321. The van der Waals surface area contributed by atoms with Crippen LogP contribution in [0.4, 0.5) is 0 Å². The van der Waals surface area contributed by atoms with Crippen LogP contribution in [0.15, 0.2) is 0 Å². The minimum Gasteiger partial charge on any atom is -0.378 e. The molecular formula is C13H27NO. The molecule has 90 valence electrons. The summed E-state index contributed by atoms with van der Waals surface area (Å²) >= 11 is 0. The molecule has 2 heteroatoms. The molecule has 0 bridgehead atoms. The maximum absolute atomic E-state index is 5.80. The van der Waals surface area contributed by atoms with E-state index in [1.165, 1.54) is 6.42 Å². The van der Waals surface area contributed by atoms with E-state index in [1.54, 1.807) is 0 Å². The lowest BCUT2D eigenvalue weighted by atomic mass is 9.75. The van der Waals surface area contributed by atoms with Crippen LogP contribution in [-0.4, -0.2) is 25.3 Å². The van der Waals surface area contributed by atoms with Crippen molar-refractivity contribution < 1.29 is 4.74 Å². The van der Waals surface area contributed by atoms with Crippen LogP contribution in [0.3, 0.4) is 0 Å². The lowest BCUT2D eigenvalue weighted by molar-refractivity contribution is 0.0599. The molecule has 1 fully saturated rings. The maximum Gasteiger partial charge on any atom is 0.0616 e. The summed E-state index contributed by atoms with van der Waals surface area (Å²) in [7, 11) is 0. The lowest BCUT2D eigenvalue weighted by Crippen LogP contribution is -2.48. The van der Waals surface area contributed by atoms with E-state index in [1.807, 2.05) is 0 Å². The van der Waals surface area contributed by atoms with Crippen LogP contribution in [0.25, 0.3) is 0 Å². The molecule has 0 amide bonds. The fourth-order valence-electron chi connectivity index (χ4n) is 2.79. The molecule has 2 nitrogen and oxygen atoms in total. The summed E-state index contributed by atoms with van der Waals surface area (Å²) in [6.45, 7) is 13.4. The maximum atomic E-state index is 5.80. The molecule has 1 heterocycles. The number of hydrogen-bond acceptors (Lipinski definition) is 2. The first-order valence-corrected chi connectivity index (χ1v) is 6.35. The highest BCUT2D eigenvalue weighted by atomic mass is 16.5. The van der Waals surface area contributed by atoms with E-state index in [9.17, 15) is 0 Å². The molecule has 1 rings (SSSR count). The molecule has 3 atom stereocenters. The Morgan fingerprint density at radius 2 is 2.00 bits per heavy atom. The predicted molar refractivity (Wildman–Crippen MR) is 65.1 cm³/mol. The summed E-state index contributed by atoms with van der Waals surface area (Å²) in [6.07, 6.45) is 2.82. The Labute approximate surface area is 94.8 Å². The highest BCUT2D eigenvalue weighted by molar-refractivity contribution is 4.92. The number of hydrogen-bond donors (Lipinski definition) is 1. The summed E-state index contributed by atoms with van der Waals surface area (Å²) in [5.41, 5.74) is 0.321. The highest BCUT2D eigenvalue weighted by Crippen LogP contribution is 2.34. The molecule has 1 aliphatic heterocycles. The first-order chi connectivity index (χ1) is 7.00. The third-order valence-corrected chi connectivity index (χ3v) is 3.45. The Morgan fingerprint density at radius 3 is 2.47 bits per heavy atom. The van der Waals surface area contributed by atoms with Gasteiger partial charge in [0.15, 0.2) is 0 Å². The van der Waals surface area contributed by atoms with Gasteiger partial charge in [-0.3, -0.25) is 0 Å². The van der Waals surface area contributed by atoms with E-state index in [2.05, 4.69) is 39.9 Å². The van der Waals surface area contributed by atoms with E-state index in [-0.39, 0.29) is 0 Å². The zero-order valence-corrected chi connectivity index (χ0v) is 11.0. The molecule has 0 aromatic heterocycles. The average molecular weight is 213 g/mol. The van der Waals surface area contributed by atoms with Crippen molar-refractivity contribution in [2.75, 3.05) is 13.2 Å². The number of rotatable bonds is 4. The molecule has 1 saturated heterocycles. The van der Waals surface area contributed by atoms with Crippen LogP contribution in [-0.2, 0) is 4.74 Å². The average Bonchev–Trinajstić information content (AvgIpc) is 2.59. The smallest absolute Gasteiger partial charge is 0.0616 e. The quantitative estimate of drug-likeness (QED) is 0.775. The van der Waals surface area contributed by atoms with Gasteiger partial charge in [-0.25, -0.2) is 0 Å². The molecule has 0 aromatic carbocycles. The van der Waals surface area contributed by atoms with Crippen molar-refractivity contribution in [2.24, 2.45) is 11.3 Å². The van der Waals surface area contributed by atoms with Crippen molar-refractivity contribution in [3.05, 3.63) is 0 Å². The van der Waals surface area contributed by atoms with E-state index in [0.717, 1.165) is 19.6 Å². The second-order valence-electron chi connectivity index (χ2n) is 5.67. The first kappa shape index (κ1) is 13.0. The third kappa shape index (κ3) is 3.18. The van der Waals surface area contributed by atoms with Crippen molar-refractivity contribution in [1.29, 1.82) is 0 Å². The van der Waals surface area contributed by atoms with Crippen molar-refractivity contribution in [3.8, 4) is 0 Å². The Hall–Kier alpha value is -0.0800. The topological polar surface area (TPSA) is 21.3 Å². The molecular weight excluding hydrogens is 186 g/mol. The highest BCUT2D eigenvalue weighted by Gasteiger charge is 2.38. The lowest BCUT2D eigenvalue weighted by Gasteiger charge is -2.38. The standard InChI is InChI=1S/C13H27NO/c1-6-11-10(8-9-15-11)12(14-7-2)13(3,4)5/h10-12,14H,6-9H2,1-5H3. The predicted octanol–water partition coefficient (Wildman–Crippen LogP) is 2.83. The molecule has 3 unspecified atom stereocenters. The van der Waals surface area contributed by atoms with E-state index in [4.69, 9.17) is 4.74 Å². The molecule has 0 saturated carbocycles. The van der Waals surface area contributed by atoms with Crippen LogP contribution in [0.1, 0.15) is 47.5 Å². The van der Waals surface area contributed by atoms with Gasteiger partial charge in [-0.15, -0.1) is 0 Å². The van der Waals surface area contributed by atoms with Gasteiger partial charge in [0, 0.05) is 18.6 Å².